The number of anilines is 1. The lowest BCUT2D eigenvalue weighted by atomic mass is 9.85. The molecular weight excluding hydrogens is 338 g/mol. The van der Waals surface area contributed by atoms with Gasteiger partial charge in [-0.2, -0.15) is 0 Å². The largest absolute Gasteiger partial charge is 0.339 e. The van der Waals surface area contributed by atoms with Gasteiger partial charge in [0.25, 0.3) is 5.91 Å². The molecule has 0 aromatic heterocycles. The van der Waals surface area contributed by atoms with Crippen LogP contribution in [0.2, 0.25) is 0 Å². The second kappa shape index (κ2) is 9.36. The number of carbonyl (C=O) groups excluding carboxylic acids is 2. The molecule has 2 fully saturated rings. The van der Waals surface area contributed by atoms with Crippen molar-refractivity contribution >= 4 is 17.5 Å². The van der Waals surface area contributed by atoms with Crippen LogP contribution in [0, 0.1) is 5.92 Å². The highest BCUT2D eigenvalue weighted by molar-refractivity contribution is 5.97. The molecule has 3 atom stereocenters. The summed E-state index contributed by atoms with van der Waals surface area (Å²) in [5.74, 6) is 0.762. The lowest BCUT2D eigenvalue weighted by Gasteiger charge is -2.24. The van der Waals surface area contributed by atoms with Crippen LogP contribution in [0.5, 0.6) is 0 Å². The van der Waals surface area contributed by atoms with Gasteiger partial charge in [-0.3, -0.25) is 9.59 Å². The molecular formula is C22H33N3O2. The predicted molar refractivity (Wildman–Crippen MR) is 109 cm³/mol. The minimum Gasteiger partial charge on any atom is -0.339 e. The highest BCUT2D eigenvalue weighted by Gasteiger charge is 2.38. The number of hydrogen-bond donors (Lipinski definition) is 2. The van der Waals surface area contributed by atoms with Crippen LogP contribution in [0.4, 0.5) is 5.69 Å². The van der Waals surface area contributed by atoms with Crippen LogP contribution in [0.15, 0.2) is 24.3 Å². The van der Waals surface area contributed by atoms with Crippen molar-refractivity contribution in [3.05, 3.63) is 29.8 Å². The maximum Gasteiger partial charge on any atom is 0.253 e. The normalized spacial score (nSPS) is 24.3. The van der Waals surface area contributed by atoms with Gasteiger partial charge in [-0.25, -0.2) is 0 Å². The Morgan fingerprint density at radius 3 is 2.37 bits per heavy atom. The van der Waals surface area contributed by atoms with Gasteiger partial charge in [0, 0.05) is 30.4 Å². The number of amides is 2. The van der Waals surface area contributed by atoms with E-state index < -0.39 is 0 Å². The van der Waals surface area contributed by atoms with E-state index >= 15 is 0 Å². The lowest BCUT2D eigenvalue weighted by Crippen LogP contribution is -2.39. The third-order valence-corrected chi connectivity index (χ3v) is 5.85. The summed E-state index contributed by atoms with van der Waals surface area (Å²) in [5.41, 5.74) is 1.44. The smallest absolute Gasteiger partial charge is 0.253 e. The van der Waals surface area contributed by atoms with Gasteiger partial charge in [0.1, 0.15) is 0 Å². The summed E-state index contributed by atoms with van der Waals surface area (Å²) in [5, 5.41) is 6.53. The van der Waals surface area contributed by atoms with Gasteiger partial charge < -0.3 is 15.5 Å². The van der Waals surface area contributed by atoms with E-state index in [2.05, 4.69) is 24.5 Å². The summed E-state index contributed by atoms with van der Waals surface area (Å²) in [7, 11) is 0. The molecule has 3 unspecified atom stereocenters. The van der Waals surface area contributed by atoms with Gasteiger partial charge in [0.05, 0.1) is 6.04 Å². The number of benzene rings is 1. The van der Waals surface area contributed by atoms with Crippen molar-refractivity contribution in [2.45, 2.75) is 70.9 Å². The number of hydrogen-bond acceptors (Lipinski definition) is 3. The van der Waals surface area contributed by atoms with E-state index in [9.17, 15) is 9.59 Å². The molecule has 1 saturated carbocycles. The topological polar surface area (TPSA) is 61.4 Å². The quantitative estimate of drug-likeness (QED) is 0.766. The summed E-state index contributed by atoms with van der Waals surface area (Å²) in [6.45, 7) is 5.73. The standard InChI is InChI=1S/C22H33N3O2/c1-3-13-25(14-4-2)22(27)16-9-11-18(12-10-16)23-21(26)20-15-17-7-5-6-8-19(17)24-20/h9-12,17,19-20,24H,3-8,13-15H2,1-2H3,(H,23,26). The first-order valence-corrected chi connectivity index (χ1v) is 10.6. The fraction of sp³-hybridized carbons (Fsp3) is 0.636. The Bertz CT molecular complexity index is 623. The van der Waals surface area contributed by atoms with Crippen LogP contribution in [-0.2, 0) is 4.79 Å². The number of nitrogens with zero attached hydrogens (tertiary/aromatic N) is 1. The Morgan fingerprint density at radius 2 is 1.74 bits per heavy atom. The number of rotatable bonds is 7. The van der Waals surface area contributed by atoms with E-state index in [1.54, 1.807) is 0 Å². The van der Waals surface area contributed by atoms with E-state index in [0.29, 0.717) is 17.5 Å². The summed E-state index contributed by atoms with van der Waals surface area (Å²) in [4.78, 5) is 27.1. The molecule has 5 nitrogen and oxygen atoms in total. The number of fused-ring (bicyclic) bond motifs is 1. The van der Waals surface area contributed by atoms with Crippen molar-refractivity contribution in [1.29, 1.82) is 0 Å². The number of nitrogens with one attached hydrogen (secondary N) is 2. The van der Waals surface area contributed by atoms with Crippen LogP contribution < -0.4 is 10.6 Å². The molecule has 0 radical (unpaired) electrons. The zero-order chi connectivity index (χ0) is 19.2. The van der Waals surface area contributed by atoms with E-state index in [1.165, 1.54) is 25.7 Å². The third kappa shape index (κ3) is 4.89. The van der Waals surface area contributed by atoms with Crippen molar-refractivity contribution in [1.82, 2.24) is 10.2 Å². The lowest BCUT2D eigenvalue weighted by molar-refractivity contribution is -0.117. The summed E-state index contributed by atoms with van der Waals surface area (Å²) < 4.78 is 0. The molecule has 1 aromatic rings. The van der Waals surface area contributed by atoms with E-state index in [4.69, 9.17) is 0 Å². The molecule has 2 aliphatic rings. The second-order valence-corrected chi connectivity index (χ2v) is 7.96. The van der Waals surface area contributed by atoms with E-state index in [0.717, 1.165) is 38.0 Å². The van der Waals surface area contributed by atoms with Gasteiger partial charge in [-0.1, -0.05) is 26.7 Å². The van der Waals surface area contributed by atoms with E-state index in [-0.39, 0.29) is 17.9 Å². The first-order valence-electron chi connectivity index (χ1n) is 10.6. The van der Waals surface area contributed by atoms with Crippen molar-refractivity contribution < 1.29 is 9.59 Å². The van der Waals surface area contributed by atoms with E-state index in [1.807, 2.05) is 29.2 Å². The molecule has 1 aliphatic heterocycles. The molecule has 1 aromatic carbocycles. The summed E-state index contributed by atoms with van der Waals surface area (Å²) in [6.07, 6.45) is 7.84. The van der Waals surface area contributed by atoms with Crippen molar-refractivity contribution in [2.24, 2.45) is 5.92 Å². The van der Waals surface area contributed by atoms with Crippen molar-refractivity contribution in [2.75, 3.05) is 18.4 Å². The zero-order valence-electron chi connectivity index (χ0n) is 16.7. The average molecular weight is 372 g/mol. The van der Waals surface area contributed by atoms with Gasteiger partial charge in [0.15, 0.2) is 0 Å². The molecule has 1 saturated heterocycles. The van der Waals surface area contributed by atoms with Crippen LogP contribution in [0.3, 0.4) is 0 Å². The molecule has 27 heavy (non-hydrogen) atoms. The number of carbonyl (C=O) groups is 2. The highest BCUT2D eigenvalue weighted by Crippen LogP contribution is 2.33. The molecule has 3 rings (SSSR count). The Labute approximate surface area is 162 Å². The molecule has 148 valence electrons. The second-order valence-electron chi connectivity index (χ2n) is 7.96. The Morgan fingerprint density at radius 1 is 1.07 bits per heavy atom. The van der Waals surface area contributed by atoms with Crippen LogP contribution in [0.1, 0.15) is 69.2 Å². The fourth-order valence-corrected chi connectivity index (χ4v) is 4.48. The monoisotopic (exact) mass is 371 g/mol. The van der Waals surface area contributed by atoms with Gasteiger partial charge in [-0.15, -0.1) is 0 Å². The maximum atomic E-state index is 12.6. The molecule has 1 heterocycles. The Kier molecular flexibility index (Phi) is 6.89. The molecule has 0 spiro atoms. The predicted octanol–water partition coefficient (Wildman–Crippen LogP) is 3.81. The third-order valence-electron chi connectivity index (χ3n) is 5.85. The van der Waals surface area contributed by atoms with Gasteiger partial charge in [0.2, 0.25) is 5.91 Å². The molecule has 2 amide bonds. The van der Waals surface area contributed by atoms with Gasteiger partial charge >= 0.3 is 0 Å². The molecule has 1 aliphatic carbocycles. The molecule has 5 heteroatoms. The van der Waals surface area contributed by atoms with Crippen LogP contribution in [-0.4, -0.2) is 41.9 Å². The zero-order valence-corrected chi connectivity index (χ0v) is 16.7. The fourth-order valence-electron chi connectivity index (χ4n) is 4.48. The van der Waals surface area contributed by atoms with Crippen LogP contribution >= 0.6 is 0 Å². The van der Waals surface area contributed by atoms with Crippen LogP contribution in [0.25, 0.3) is 0 Å². The minimum absolute atomic E-state index is 0.0436. The summed E-state index contributed by atoms with van der Waals surface area (Å²) >= 11 is 0. The van der Waals surface area contributed by atoms with Crippen molar-refractivity contribution in [3.63, 3.8) is 0 Å². The highest BCUT2D eigenvalue weighted by atomic mass is 16.2. The minimum atomic E-state index is -0.0935. The maximum absolute atomic E-state index is 12.6. The first-order chi connectivity index (χ1) is 13.1. The van der Waals surface area contributed by atoms with Gasteiger partial charge in [-0.05, 0) is 62.3 Å². The average Bonchev–Trinajstić information content (AvgIpc) is 3.12. The Hall–Kier alpha value is -1.88. The molecule has 0 bridgehead atoms. The first kappa shape index (κ1) is 19.9. The molecule has 2 N–H and O–H groups in total. The van der Waals surface area contributed by atoms with Crippen molar-refractivity contribution in [3.8, 4) is 0 Å². The SMILES string of the molecule is CCCN(CCC)C(=O)c1ccc(NC(=O)C2CC3CCCCC3N2)cc1. The Balaban J connectivity index is 1.57. The summed E-state index contributed by atoms with van der Waals surface area (Å²) in [6, 6.07) is 7.73.